The van der Waals surface area contributed by atoms with Gasteiger partial charge in [0.1, 0.15) is 11.6 Å². The second kappa shape index (κ2) is 15.8. The standard InChI is InChI=1S/C45H44ClN12O/c1-59-39-20-32-4-7-41(58-27-34(28-58)42-44(50-14-12-48-42)55-16-8-29(23-47)9-17-55)54-37(32)22-38(39)52-24-30-10-18-56(19-11-30)45-43(49-13-15-51-45)33-25-57(26-33)40-6-3-31-2-5-35(46)21-36(31)53-40/h2-7,12-15,20-22,29-30,33-34H,8-11,16-19,25-28H2,1H3/q+1. The smallest absolute Gasteiger partial charge is 0.383 e. The molecule has 6 aromatic rings. The van der Waals surface area contributed by atoms with Crippen molar-refractivity contribution in [1.29, 1.82) is 5.26 Å². The molecule has 2 aromatic carbocycles. The monoisotopic (exact) mass is 803 g/mol. The van der Waals surface area contributed by atoms with Crippen LogP contribution in [0.5, 0.6) is 5.75 Å². The lowest BCUT2D eigenvalue weighted by Gasteiger charge is -2.41. The number of aromatic nitrogens is 6. The van der Waals surface area contributed by atoms with E-state index in [1.165, 1.54) is 0 Å². The van der Waals surface area contributed by atoms with E-state index in [1.54, 1.807) is 31.9 Å². The summed E-state index contributed by atoms with van der Waals surface area (Å²) in [5, 5.41) is 12.1. The summed E-state index contributed by atoms with van der Waals surface area (Å²) in [5.74, 6) is 5.42. The number of anilines is 4. The Balaban J connectivity index is 0.779. The molecule has 8 heterocycles. The Kier molecular flexibility index (Phi) is 9.91. The van der Waals surface area contributed by atoms with Gasteiger partial charge in [0.25, 0.3) is 6.07 Å². The third-order valence-corrected chi connectivity index (χ3v) is 12.6. The number of nitrogens with zero attached hydrogens (tertiary/aromatic N) is 12. The minimum Gasteiger partial charge on any atom is -0.489 e. The third-order valence-electron chi connectivity index (χ3n) is 12.4. The van der Waals surface area contributed by atoms with E-state index >= 15 is 0 Å². The Hall–Kier alpha value is -6.31. The summed E-state index contributed by atoms with van der Waals surface area (Å²) in [4.78, 5) is 43.2. The topological polar surface area (TPSA) is 128 Å². The molecule has 0 N–H and O–H groups in total. The quantitative estimate of drug-likeness (QED) is 0.156. The first-order valence-corrected chi connectivity index (χ1v) is 20.9. The van der Waals surface area contributed by atoms with Crippen LogP contribution in [0.15, 0.2) is 79.4 Å². The van der Waals surface area contributed by atoms with Crippen molar-refractivity contribution in [3.8, 4) is 17.9 Å². The van der Waals surface area contributed by atoms with Gasteiger partial charge in [0.15, 0.2) is 11.6 Å². The Morgan fingerprint density at radius 2 is 1.17 bits per heavy atom. The summed E-state index contributed by atoms with van der Waals surface area (Å²) < 4.78 is 5.79. The van der Waals surface area contributed by atoms with Gasteiger partial charge in [0, 0.05) is 111 Å². The van der Waals surface area contributed by atoms with Gasteiger partial charge in [0.2, 0.25) is 5.75 Å². The van der Waals surface area contributed by atoms with Crippen molar-refractivity contribution in [2.45, 2.75) is 37.5 Å². The van der Waals surface area contributed by atoms with Crippen molar-refractivity contribution in [3.63, 3.8) is 0 Å². The van der Waals surface area contributed by atoms with Gasteiger partial charge in [-0.1, -0.05) is 17.7 Å². The van der Waals surface area contributed by atoms with Crippen LogP contribution in [0.2, 0.25) is 5.02 Å². The number of hydrogen-bond acceptors (Lipinski definition) is 12. The number of methoxy groups -OCH3 is 1. The first kappa shape index (κ1) is 37.0. The molecule has 0 radical (unpaired) electrons. The van der Waals surface area contributed by atoms with E-state index in [2.05, 4.69) is 56.0 Å². The number of fused-ring (bicyclic) bond motifs is 2. The van der Waals surface area contributed by atoms with Gasteiger partial charge in [-0.3, -0.25) is 9.97 Å². The fraction of sp³-hybridized carbons (Fsp3) is 0.378. The van der Waals surface area contributed by atoms with Gasteiger partial charge in [-0.05, 0) is 73.0 Å². The summed E-state index contributed by atoms with van der Waals surface area (Å²) in [7, 11) is 1.68. The molecule has 4 aliphatic rings. The molecule has 296 valence electrons. The molecule has 4 aliphatic heterocycles. The van der Waals surface area contributed by atoms with E-state index in [4.69, 9.17) is 51.1 Å². The van der Waals surface area contributed by atoms with Crippen LogP contribution in [0.4, 0.5) is 29.0 Å². The van der Waals surface area contributed by atoms with Crippen LogP contribution in [0.1, 0.15) is 48.9 Å². The van der Waals surface area contributed by atoms with Crippen LogP contribution in [-0.2, 0) is 0 Å². The number of halogens is 1. The fourth-order valence-electron chi connectivity index (χ4n) is 8.84. The molecule has 14 heteroatoms. The van der Waals surface area contributed by atoms with Crippen LogP contribution < -0.4 is 24.3 Å². The van der Waals surface area contributed by atoms with Gasteiger partial charge in [0.05, 0.1) is 47.6 Å². The lowest BCUT2D eigenvalue weighted by molar-refractivity contribution is 0.418. The molecule has 10 rings (SSSR count). The fourth-order valence-corrected chi connectivity index (χ4v) is 9.00. The zero-order valence-corrected chi connectivity index (χ0v) is 33.7. The van der Waals surface area contributed by atoms with Crippen molar-refractivity contribution < 1.29 is 4.74 Å². The van der Waals surface area contributed by atoms with Crippen LogP contribution >= 0.6 is 11.6 Å². The molecule has 0 bridgehead atoms. The van der Waals surface area contributed by atoms with Gasteiger partial charge in [-0.25, -0.2) is 19.9 Å². The molecule has 0 spiro atoms. The van der Waals surface area contributed by atoms with Crippen LogP contribution in [0.25, 0.3) is 26.7 Å². The Bertz CT molecular complexity index is 2630. The number of pyridine rings is 2. The minimum absolute atomic E-state index is 0.129. The average Bonchev–Trinajstić information content (AvgIpc) is 3.25. The number of rotatable bonds is 7. The lowest BCUT2D eigenvalue weighted by atomic mass is 9.94. The van der Waals surface area contributed by atoms with Crippen molar-refractivity contribution >= 4 is 62.4 Å². The van der Waals surface area contributed by atoms with Gasteiger partial charge >= 0.3 is 5.69 Å². The van der Waals surface area contributed by atoms with E-state index < -0.39 is 0 Å². The Morgan fingerprint density at radius 1 is 0.644 bits per heavy atom. The molecule has 59 heavy (non-hydrogen) atoms. The number of hydrogen-bond donors (Lipinski definition) is 0. The van der Waals surface area contributed by atoms with E-state index in [0.717, 1.165) is 140 Å². The molecule has 0 aliphatic carbocycles. The summed E-state index contributed by atoms with van der Waals surface area (Å²) in [6, 6.07) is 24.1. The van der Waals surface area contributed by atoms with Crippen LogP contribution in [-0.4, -0.2) is 89.4 Å². The summed E-state index contributed by atoms with van der Waals surface area (Å²) in [6.07, 6.45) is 10.7. The second-order valence-corrected chi connectivity index (χ2v) is 16.5. The summed E-state index contributed by atoms with van der Waals surface area (Å²) >= 11 is 6.24. The highest BCUT2D eigenvalue weighted by molar-refractivity contribution is 6.31. The van der Waals surface area contributed by atoms with E-state index in [0.29, 0.717) is 10.8 Å². The van der Waals surface area contributed by atoms with Gasteiger partial charge in [-0.2, -0.15) is 5.26 Å². The van der Waals surface area contributed by atoms with E-state index in [1.807, 2.05) is 30.3 Å². The van der Waals surface area contributed by atoms with Crippen molar-refractivity contribution in [2.75, 3.05) is 79.1 Å². The number of piperidine rings is 2. The molecule has 0 unspecified atom stereocenters. The number of benzene rings is 2. The SMILES string of the molecule is COc1cc2ccc(N3CC(c4nccnc4N4CCC(C#N)CC4)C3)nc2cc1[N+]#CC1CCN(c2nccnc2C2CN(c3ccc4ccc(Cl)cc4n3)C2)CC1. The molecule has 4 saturated heterocycles. The highest BCUT2D eigenvalue weighted by Gasteiger charge is 2.36. The summed E-state index contributed by atoms with van der Waals surface area (Å²) in [5.41, 5.74) is 4.59. The maximum absolute atomic E-state index is 9.35. The number of nitriles is 1. The zero-order chi connectivity index (χ0) is 39.9. The predicted molar refractivity (Wildman–Crippen MR) is 231 cm³/mol. The van der Waals surface area contributed by atoms with Crippen LogP contribution in [0.3, 0.4) is 0 Å². The van der Waals surface area contributed by atoms with Gasteiger partial charge in [-0.15, -0.1) is 0 Å². The van der Waals surface area contributed by atoms with E-state index in [9.17, 15) is 5.26 Å². The van der Waals surface area contributed by atoms with Crippen molar-refractivity contribution in [1.82, 2.24) is 29.9 Å². The second-order valence-electron chi connectivity index (χ2n) is 16.0. The highest BCUT2D eigenvalue weighted by Crippen LogP contribution is 2.39. The molecular formula is C45H44ClN12O+. The molecular weight excluding hydrogens is 760 g/mol. The highest BCUT2D eigenvalue weighted by atomic mass is 35.5. The first-order valence-electron chi connectivity index (χ1n) is 20.5. The van der Waals surface area contributed by atoms with Crippen molar-refractivity contribution in [2.24, 2.45) is 11.8 Å². The largest absolute Gasteiger partial charge is 0.489 e. The first-order chi connectivity index (χ1) is 29.0. The Morgan fingerprint density at radius 3 is 1.75 bits per heavy atom. The lowest BCUT2D eigenvalue weighted by Crippen LogP contribution is -2.47. The maximum Gasteiger partial charge on any atom is 0.383 e. The Labute approximate surface area is 348 Å². The molecule has 0 atom stereocenters. The predicted octanol–water partition coefficient (Wildman–Crippen LogP) is 7.85. The minimum atomic E-state index is 0.129. The molecule has 13 nitrogen and oxygen atoms in total. The average molecular weight is 804 g/mol. The zero-order valence-electron chi connectivity index (χ0n) is 33.0. The third kappa shape index (κ3) is 7.36. The van der Waals surface area contributed by atoms with E-state index in [-0.39, 0.29) is 23.7 Å². The van der Waals surface area contributed by atoms with Crippen LogP contribution in [0, 0.1) is 29.2 Å². The molecule has 0 amide bonds. The van der Waals surface area contributed by atoms with Gasteiger partial charge < -0.3 is 24.3 Å². The molecule has 4 fully saturated rings. The number of ether oxygens (including phenoxy) is 1. The molecule has 4 aromatic heterocycles. The molecule has 0 saturated carbocycles. The normalized spacial score (nSPS) is 18.0. The van der Waals surface area contributed by atoms with Crippen molar-refractivity contribution in [3.05, 3.63) is 101 Å². The summed E-state index contributed by atoms with van der Waals surface area (Å²) in [6.45, 7) is 6.72. The maximum atomic E-state index is 9.35.